The van der Waals surface area contributed by atoms with Crippen LogP contribution in [0.15, 0.2) is 0 Å². The van der Waals surface area contributed by atoms with Crippen molar-refractivity contribution in [1.29, 1.82) is 0 Å². The zero-order valence-corrected chi connectivity index (χ0v) is 8.19. The average Bonchev–Trinajstić information content (AvgIpc) is 1.99. The maximum Gasteiger partial charge on any atom is 0.172 e. The van der Waals surface area contributed by atoms with Gasteiger partial charge in [-0.3, -0.25) is 4.79 Å². The number of ether oxygens (including phenoxy) is 1. The largest absolute Gasteiger partial charge is 0.385 e. The molecule has 0 aromatic carbocycles. The van der Waals surface area contributed by atoms with Crippen molar-refractivity contribution in [3.63, 3.8) is 0 Å². The van der Waals surface area contributed by atoms with Crippen LogP contribution >= 0.6 is 0 Å². The Kier molecular flexibility index (Phi) is 4.39. The number of alkyl halides is 1. The maximum atomic E-state index is 13.5. The van der Waals surface area contributed by atoms with E-state index < -0.39 is 5.67 Å². The van der Waals surface area contributed by atoms with E-state index in [0.29, 0.717) is 0 Å². The van der Waals surface area contributed by atoms with E-state index in [2.05, 4.69) is 0 Å². The van der Waals surface area contributed by atoms with Crippen LogP contribution in [0.5, 0.6) is 0 Å². The fraction of sp³-hybridized carbons (Fsp3) is 0.889. The summed E-state index contributed by atoms with van der Waals surface area (Å²) in [6.07, 6.45) is 0.139. The van der Waals surface area contributed by atoms with Crippen molar-refractivity contribution in [1.82, 2.24) is 0 Å². The molecule has 0 amide bonds. The van der Waals surface area contributed by atoms with Crippen molar-refractivity contribution < 1.29 is 13.9 Å². The Labute approximate surface area is 73.1 Å². The third kappa shape index (κ3) is 3.30. The van der Waals surface area contributed by atoms with Crippen LogP contribution < -0.4 is 0 Å². The highest BCUT2D eigenvalue weighted by Crippen LogP contribution is 2.20. The molecule has 0 bridgehead atoms. The molecule has 1 unspecified atom stereocenters. The summed E-state index contributed by atoms with van der Waals surface area (Å²) in [5, 5.41) is 0. The normalized spacial score (nSPS) is 16.2. The average molecular weight is 176 g/mol. The molecular weight excluding hydrogens is 159 g/mol. The van der Waals surface area contributed by atoms with Gasteiger partial charge in [-0.1, -0.05) is 13.8 Å². The van der Waals surface area contributed by atoms with Gasteiger partial charge in [0, 0.05) is 26.1 Å². The minimum Gasteiger partial charge on any atom is -0.385 e. The quantitative estimate of drug-likeness (QED) is 0.640. The molecule has 0 aromatic rings. The molecule has 0 aliphatic rings. The Morgan fingerprint density at radius 1 is 1.58 bits per heavy atom. The summed E-state index contributed by atoms with van der Waals surface area (Å²) in [6, 6.07) is 0. The van der Waals surface area contributed by atoms with E-state index in [1.54, 1.807) is 13.8 Å². The van der Waals surface area contributed by atoms with Crippen molar-refractivity contribution in [3.8, 4) is 0 Å². The van der Waals surface area contributed by atoms with Crippen molar-refractivity contribution in [3.05, 3.63) is 0 Å². The molecule has 3 heteroatoms. The van der Waals surface area contributed by atoms with E-state index >= 15 is 0 Å². The van der Waals surface area contributed by atoms with Crippen LogP contribution in [0.25, 0.3) is 0 Å². The molecule has 0 aliphatic heterocycles. The van der Waals surface area contributed by atoms with Gasteiger partial charge in [0.2, 0.25) is 0 Å². The lowest BCUT2D eigenvalue weighted by molar-refractivity contribution is -0.133. The van der Waals surface area contributed by atoms with Crippen LogP contribution in [0, 0.1) is 5.92 Å². The number of hydrogen-bond donors (Lipinski definition) is 0. The molecule has 0 fully saturated rings. The molecule has 0 heterocycles. The Morgan fingerprint density at radius 2 is 2.08 bits per heavy atom. The zero-order chi connectivity index (χ0) is 9.78. The molecule has 0 rings (SSSR count). The Morgan fingerprint density at radius 3 is 2.42 bits per heavy atom. The molecule has 72 valence electrons. The van der Waals surface area contributed by atoms with Gasteiger partial charge in [0.05, 0.1) is 0 Å². The predicted octanol–water partition coefficient (Wildman–Crippen LogP) is 1.98. The van der Waals surface area contributed by atoms with Gasteiger partial charge >= 0.3 is 0 Å². The minimum atomic E-state index is -1.73. The van der Waals surface area contributed by atoms with E-state index in [4.69, 9.17) is 4.74 Å². The SMILES string of the molecule is COCCC(C)(F)C(=O)C(C)C. The molecule has 0 N–H and O–H groups in total. The summed E-state index contributed by atoms with van der Waals surface area (Å²) in [6.45, 7) is 5.00. The first-order valence-electron chi connectivity index (χ1n) is 4.14. The first-order valence-corrected chi connectivity index (χ1v) is 4.14. The molecule has 0 saturated heterocycles. The molecule has 0 spiro atoms. The Hall–Kier alpha value is -0.440. The standard InChI is InChI=1S/C9H17FO2/c1-7(2)8(11)9(3,10)5-6-12-4/h7H,5-6H2,1-4H3. The number of methoxy groups -OCH3 is 1. The molecular formula is C9H17FO2. The molecule has 0 saturated carbocycles. The zero-order valence-electron chi connectivity index (χ0n) is 8.19. The van der Waals surface area contributed by atoms with Crippen LogP contribution in [0.3, 0.4) is 0 Å². The van der Waals surface area contributed by atoms with Crippen LogP contribution in [0.4, 0.5) is 4.39 Å². The predicted molar refractivity (Wildman–Crippen MR) is 45.9 cm³/mol. The van der Waals surface area contributed by atoms with Crippen LogP contribution in [0.2, 0.25) is 0 Å². The summed E-state index contributed by atoms with van der Waals surface area (Å²) in [5.74, 6) is -0.601. The van der Waals surface area contributed by atoms with Gasteiger partial charge in [0.1, 0.15) is 0 Å². The number of Topliss-reactive ketones (excluding diaryl/α,β-unsaturated/α-hetero) is 1. The van der Waals surface area contributed by atoms with E-state index in [9.17, 15) is 9.18 Å². The Bertz CT molecular complexity index is 153. The van der Waals surface area contributed by atoms with Gasteiger partial charge in [-0.25, -0.2) is 4.39 Å². The second kappa shape index (κ2) is 4.55. The van der Waals surface area contributed by atoms with Gasteiger partial charge < -0.3 is 4.74 Å². The monoisotopic (exact) mass is 176 g/mol. The number of hydrogen-bond acceptors (Lipinski definition) is 2. The van der Waals surface area contributed by atoms with Gasteiger partial charge in [-0.05, 0) is 6.92 Å². The van der Waals surface area contributed by atoms with Crippen molar-refractivity contribution >= 4 is 5.78 Å². The van der Waals surface area contributed by atoms with Gasteiger partial charge in [0.25, 0.3) is 0 Å². The van der Waals surface area contributed by atoms with E-state index in [1.807, 2.05) is 0 Å². The van der Waals surface area contributed by atoms with Crippen molar-refractivity contribution in [2.75, 3.05) is 13.7 Å². The third-order valence-corrected chi connectivity index (χ3v) is 1.81. The van der Waals surface area contributed by atoms with E-state index in [0.717, 1.165) is 0 Å². The Balaban J connectivity index is 4.09. The first kappa shape index (κ1) is 11.6. The van der Waals surface area contributed by atoms with Crippen molar-refractivity contribution in [2.45, 2.75) is 32.9 Å². The number of ketones is 1. The van der Waals surface area contributed by atoms with Crippen LogP contribution in [-0.2, 0) is 9.53 Å². The maximum absolute atomic E-state index is 13.5. The molecule has 0 aromatic heterocycles. The summed E-state index contributed by atoms with van der Waals surface area (Å²) >= 11 is 0. The highest BCUT2D eigenvalue weighted by molar-refractivity contribution is 5.88. The molecule has 1 atom stereocenters. The third-order valence-electron chi connectivity index (χ3n) is 1.81. The molecule has 0 aliphatic carbocycles. The highest BCUT2D eigenvalue weighted by atomic mass is 19.1. The number of rotatable bonds is 5. The van der Waals surface area contributed by atoms with E-state index in [-0.39, 0.29) is 24.7 Å². The van der Waals surface area contributed by atoms with Gasteiger partial charge in [0.15, 0.2) is 11.5 Å². The molecule has 0 radical (unpaired) electrons. The van der Waals surface area contributed by atoms with Crippen LogP contribution in [0.1, 0.15) is 27.2 Å². The summed E-state index contributed by atoms with van der Waals surface area (Å²) < 4.78 is 18.2. The first-order chi connectivity index (χ1) is 5.41. The lowest BCUT2D eigenvalue weighted by Crippen LogP contribution is -2.34. The topological polar surface area (TPSA) is 26.3 Å². The van der Waals surface area contributed by atoms with Gasteiger partial charge in [-0.15, -0.1) is 0 Å². The number of carbonyl (C=O) groups excluding carboxylic acids is 1. The highest BCUT2D eigenvalue weighted by Gasteiger charge is 2.33. The second-order valence-electron chi connectivity index (χ2n) is 3.46. The fourth-order valence-electron chi connectivity index (χ4n) is 1.02. The summed E-state index contributed by atoms with van der Waals surface area (Å²) in [5.41, 5.74) is -1.73. The molecule has 12 heavy (non-hydrogen) atoms. The second-order valence-corrected chi connectivity index (χ2v) is 3.46. The lowest BCUT2D eigenvalue weighted by Gasteiger charge is -2.20. The van der Waals surface area contributed by atoms with E-state index in [1.165, 1.54) is 14.0 Å². The lowest BCUT2D eigenvalue weighted by atomic mass is 9.91. The minimum absolute atomic E-state index is 0.139. The molecule has 2 nitrogen and oxygen atoms in total. The van der Waals surface area contributed by atoms with Crippen molar-refractivity contribution in [2.24, 2.45) is 5.92 Å². The van der Waals surface area contributed by atoms with Gasteiger partial charge in [-0.2, -0.15) is 0 Å². The van der Waals surface area contributed by atoms with Crippen LogP contribution in [-0.4, -0.2) is 25.2 Å². The summed E-state index contributed by atoms with van der Waals surface area (Å²) in [7, 11) is 1.50. The number of carbonyl (C=O) groups is 1. The summed E-state index contributed by atoms with van der Waals surface area (Å²) in [4.78, 5) is 11.2. The smallest absolute Gasteiger partial charge is 0.172 e. The number of halogens is 1. The fourth-order valence-corrected chi connectivity index (χ4v) is 1.02.